The predicted molar refractivity (Wildman–Crippen MR) is 126 cm³/mol. The standard InChI is InChI=1S/C23H21IN2O7/c1-4-32-18-10-14(9-17(24)20(18)33-11-19(27)28)8-16-21(29)25-23(31)26(22(16)30)15-6-12(2)5-13(3)7-15/h5-10H,4,11H2,1-3H3,(H,27,28)(H,25,29,31)/p-1/b16-8+. The Morgan fingerprint density at radius 2 is 1.76 bits per heavy atom. The Bertz CT molecular complexity index is 1170. The van der Waals surface area contributed by atoms with Crippen molar-refractivity contribution in [3.63, 3.8) is 0 Å². The number of halogens is 1. The van der Waals surface area contributed by atoms with Crippen molar-refractivity contribution in [1.29, 1.82) is 0 Å². The van der Waals surface area contributed by atoms with Crippen LogP contribution in [0.1, 0.15) is 23.6 Å². The summed E-state index contributed by atoms with van der Waals surface area (Å²) in [6.45, 7) is 5.03. The first kappa shape index (κ1) is 24.2. The zero-order chi connectivity index (χ0) is 24.3. The Labute approximate surface area is 203 Å². The minimum absolute atomic E-state index is 0.204. The second kappa shape index (κ2) is 10.0. The smallest absolute Gasteiger partial charge is 0.335 e. The highest BCUT2D eigenvalue weighted by atomic mass is 127. The van der Waals surface area contributed by atoms with Crippen LogP contribution >= 0.6 is 22.6 Å². The number of barbiturate groups is 1. The topological polar surface area (TPSA) is 125 Å². The largest absolute Gasteiger partial charge is 0.546 e. The summed E-state index contributed by atoms with van der Waals surface area (Å²) in [5.74, 6) is -2.53. The van der Waals surface area contributed by atoms with Gasteiger partial charge < -0.3 is 19.4 Å². The number of anilines is 1. The molecule has 1 aliphatic rings. The lowest BCUT2D eigenvalue weighted by atomic mass is 10.0. The first-order chi connectivity index (χ1) is 15.6. The lowest BCUT2D eigenvalue weighted by Crippen LogP contribution is -2.54. The maximum atomic E-state index is 13.2. The summed E-state index contributed by atoms with van der Waals surface area (Å²) in [7, 11) is 0. The molecule has 2 aromatic rings. The van der Waals surface area contributed by atoms with Gasteiger partial charge in [0.05, 0.1) is 21.8 Å². The van der Waals surface area contributed by atoms with Crippen molar-refractivity contribution >= 4 is 58.2 Å². The quantitative estimate of drug-likeness (QED) is 0.311. The molecule has 0 aliphatic carbocycles. The van der Waals surface area contributed by atoms with Crippen molar-refractivity contribution in [1.82, 2.24) is 5.32 Å². The number of carboxylic acids is 1. The number of amides is 4. The lowest BCUT2D eigenvalue weighted by Gasteiger charge is -2.27. The number of nitrogens with one attached hydrogen (secondary N) is 1. The van der Waals surface area contributed by atoms with Crippen molar-refractivity contribution < 1.29 is 33.8 Å². The maximum Gasteiger partial charge on any atom is 0.335 e. The fourth-order valence-electron chi connectivity index (χ4n) is 3.34. The Balaban J connectivity index is 2.03. The SMILES string of the molecule is CCOc1cc(/C=C2\C(=O)NC(=O)N(c3cc(C)cc(C)c3)C2=O)cc(I)c1OCC(=O)[O-]. The van der Waals surface area contributed by atoms with E-state index in [4.69, 9.17) is 9.47 Å². The number of benzene rings is 2. The van der Waals surface area contributed by atoms with Crippen LogP contribution in [0.15, 0.2) is 35.9 Å². The van der Waals surface area contributed by atoms with E-state index in [-0.39, 0.29) is 23.7 Å². The number of rotatable bonds is 7. The highest BCUT2D eigenvalue weighted by Gasteiger charge is 2.37. The molecule has 3 rings (SSSR count). The van der Waals surface area contributed by atoms with E-state index in [1.165, 1.54) is 12.1 Å². The Kier molecular flexibility index (Phi) is 7.36. The lowest BCUT2D eigenvalue weighted by molar-refractivity contribution is -0.307. The van der Waals surface area contributed by atoms with Gasteiger partial charge in [0.25, 0.3) is 11.8 Å². The van der Waals surface area contributed by atoms with Crippen molar-refractivity contribution in [2.45, 2.75) is 20.8 Å². The van der Waals surface area contributed by atoms with E-state index in [1.807, 2.05) is 42.5 Å². The molecule has 0 spiro atoms. The van der Waals surface area contributed by atoms with Gasteiger partial charge in [-0.15, -0.1) is 0 Å². The molecular weight excluding hydrogens is 543 g/mol. The highest BCUT2D eigenvalue weighted by molar-refractivity contribution is 14.1. The Hall–Kier alpha value is -3.41. The molecule has 0 radical (unpaired) electrons. The molecule has 1 heterocycles. The minimum atomic E-state index is -1.39. The van der Waals surface area contributed by atoms with Crippen LogP contribution in [0.5, 0.6) is 11.5 Å². The number of urea groups is 1. The van der Waals surface area contributed by atoms with Crippen LogP contribution in [-0.2, 0) is 14.4 Å². The molecule has 9 nitrogen and oxygen atoms in total. The van der Waals surface area contributed by atoms with E-state index in [9.17, 15) is 24.3 Å². The van der Waals surface area contributed by atoms with E-state index >= 15 is 0 Å². The van der Waals surface area contributed by atoms with Crippen LogP contribution < -0.4 is 24.8 Å². The Morgan fingerprint density at radius 1 is 1.09 bits per heavy atom. The van der Waals surface area contributed by atoms with Gasteiger partial charge in [0.15, 0.2) is 11.5 Å². The molecule has 0 bridgehead atoms. The van der Waals surface area contributed by atoms with Gasteiger partial charge in [-0.05, 0) is 90.4 Å². The number of aliphatic carboxylic acids is 1. The van der Waals surface area contributed by atoms with Crippen molar-refractivity contribution in [3.8, 4) is 11.5 Å². The number of ether oxygens (including phenoxy) is 2. The van der Waals surface area contributed by atoms with E-state index in [0.717, 1.165) is 16.0 Å². The average molecular weight is 563 g/mol. The summed E-state index contributed by atoms with van der Waals surface area (Å²) in [6, 6.07) is 7.54. The van der Waals surface area contributed by atoms with Gasteiger partial charge in [0.1, 0.15) is 12.2 Å². The second-order valence-electron chi connectivity index (χ2n) is 7.23. The van der Waals surface area contributed by atoms with Crippen LogP contribution in [0, 0.1) is 17.4 Å². The van der Waals surface area contributed by atoms with Crippen LogP contribution in [0.3, 0.4) is 0 Å². The highest BCUT2D eigenvalue weighted by Crippen LogP contribution is 2.35. The summed E-state index contributed by atoms with van der Waals surface area (Å²) in [5.41, 5.74) is 2.25. The minimum Gasteiger partial charge on any atom is -0.546 e. The summed E-state index contributed by atoms with van der Waals surface area (Å²) in [5, 5.41) is 13.0. The fraction of sp³-hybridized carbons (Fsp3) is 0.217. The third kappa shape index (κ3) is 5.51. The van der Waals surface area contributed by atoms with Gasteiger partial charge in [-0.1, -0.05) is 6.07 Å². The number of nitrogens with zero attached hydrogens (tertiary/aromatic N) is 1. The summed E-state index contributed by atoms with van der Waals surface area (Å²) in [6.07, 6.45) is 1.34. The van der Waals surface area contributed by atoms with Crippen molar-refractivity contribution in [2.75, 3.05) is 18.1 Å². The number of carbonyl (C=O) groups is 4. The van der Waals surface area contributed by atoms with Crippen LogP contribution in [0.4, 0.5) is 10.5 Å². The summed E-state index contributed by atoms with van der Waals surface area (Å²) >= 11 is 1.93. The zero-order valence-electron chi connectivity index (χ0n) is 18.1. The molecule has 1 saturated heterocycles. The molecular formula is C23H20IN2O7-. The molecule has 33 heavy (non-hydrogen) atoms. The predicted octanol–water partition coefficient (Wildman–Crippen LogP) is 2.10. The molecule has 0 saturated carbocycles. The second-order valence-corrected chi connectivity index (χ2v) is 8.39. The zero-order valence-corrected chi connectivity index (χ0v) is 20.2. The molecule has 10 heteroatoms. The van der Waals surface area contributed by atoms with Crippen molar-refractivity contribution in [3.05, 3.63) is 56.2 Å². The normalized spacial score (nSPS) is 15.0. The number of carbonyl (C=O) groups excluding carboxylic acids is 4. The maximum absolute atomic E-state index is 13.2. The van der Waals surface area contributed by atoms with Crippen LogP contribution in [0.25, 0.3) is 6.08 Å². The number of aryl methyl sites for hydroxylation is 2. The van der Waals surface area contributed by atoms with Crippen LogP contribution in [0.2, 0.25) is 0 Å². The molecule has 4 amide bonds. The van der Waals surface area contributed by atoms with Gasteiger partial charge >= 0.3 is 6.03 Å². The van der Waals surface area contributed by atoms with Crippen molar-refractivity contribution in [2.24, 2.45) is 0 Å². The molecule has 1 N–H and O–H groups in total. The number of hydrogen-bond acceptors (Lipinski definition) is 7. The van der Waals surface area contributed by atoms with E-state index in [2.05, 4.69) is 5.32 Å². The number of hydrogen-bond donors (Lipinski definition) is 1. The first-order valence-electron chi connectivity index (χ1n) is 9.89. The van der Waals surface area contributed by atoms with E-state index in [0.29, 0.717) is 14.8 Å². The molecule has 1 aliphatic heterocycles. The molecule has 172 valence electrons. The molecule has 0 aromatic heterocycles. The van der Waals surface area contributed by atoms with Gasteiger partial charge in [-0.2, -0.15) is 0 Å². The van der Waals surface area contributed by atoms with E-state index < -0.39 is 30.4 Å². The number of carboxylic acid groups (broad SMARTS) is 1. The van der Waals surface area contributed by atoms with Gasteiger partial charge in [0, 0.05) is 0 Å². The fourth-order valence-corrected chi connectivity index (χ4v) is 4.12. The third-order valence-electron chi connectivity index (χ3n) is 4.54. The molecule has 1 fully saturated rings. The van der Waals surface area contributed by atoms with E-state index in [1.54, 1.807) is 25.1 Å². The van der Waals surface area contributed by atoms with Gasteiger partial charge in [-0.25, -0.2) is 9.69 Å². The third-order valence-corrected chi connectivity index (χ3v) is 5.34. The summed E-state index contributed by atoms with van der Waals surface area (Å²) in [4.78, 5) is 49.8. The molecule has 0 unspecified atom stereocenters. The Morgan fingerprint density at radius 3 is 2.36 bits per heavy atom. The van der Waals surface area contributed by atoms with Gasteiger partial charge in [-0.3, -0.25) is 14.9 Å². The van der Waals surface area contributed by atoms with Gasteiger partial charge in [0.2, 0.25) is 0 Å². The molecule has 2 aromatic carbocycles. The molecule has 0 atom stereocenters. The van der Waals surface area contributed by atoms with Crippen LogP contribution in [-0.4, -0.2) is 37.0 Å². The number of imide groups is 2. The average Bonchev–Trinajstić information content (AvgIpc) is 2.69. The first-order valence-corrected chi connectivity index (χ1v) is 11.0. The summed E-state index contributed by atoms with van der Waals surface area (Å²) < 4.78 is 11.3. The monoisotopic (exact) mass is 563 g/mol.